The summed E-state index contributed by atoms with van der Waals surface area (Å²) in [4.78, 5) is 22.8. The first-order chi connectivity index (χ1) is 9.08. The van der Waals surface area contributed by atoms with E-state index in [1.54, 1.807) is 0 Å². The van der Waals surface area contributed by atoms with Crippen molar-refractivity contribution < 1.29 is 14.3 Å². The van der Waals surface area contributed by atoms with Gasteiger partial charge < -0.3 is 10.1 Å². The average molecular weight is 263 g/mol. The Morgan fingerprint density at radius 3 is 2.53 bits per heavy atom. The second-order valence-electron chi connectivity index (χ2n) is 4.89. The van der Waals surface area contributed by atoms with Gasteiger partial charge in [-0.1, -0.05) is 44.2 Å². The Labute approximate surface area is 114 Å². The topological polar surface area (TPSA) is 55.4 Å². The monoisotopic (exact) mass is 263 g/mol. The highest BCUT2D eigenvalue weighted by molar-refractivity contribution is 5.83. The molecule has 0 radical (unpaired) electrons. The summed E-state index contributed by atoms with van der Waals surface area (Å²) >= 11 is 0. The highest BCUT2D eigenvalue weighted by Crippen LogP contribution is 2.03. The minimum absolute atomic E-state index is 0.0327. The van der Waals surface area contributed by atoms with E-state index in [2.05, 4.69) is 19.2 Å². The van der Waals surface area contributed by atoms with Crippen LogP contribution in [0.15, 0.2) is 30.3 Å². The smallest absolute Gasteiger partial charge is 0.407 e. The molecule has 0 aliphatic carbocycles. The average Bonchev–Trinajstić information content (AvgIpc) is 2.41. The van der Waals surface area contributed by atoms with Crippen LogP contribution in [-0.2, 0) is 16.1 Å². The molecule has 4 heteroatoms. The molecule has 4 nitrogen and oxygen atoms in total. The van der Waals surface area contributed by atoms with Crippen LogP contribution in [0.3, 0.4) is 0 Å². The van der Waals surface area contributed by atoms with Crippen LogP contribution in [0, 0.1) is 5.92 Å². The van der Waals surface area contributed by atoms with Gasteiger partial charge in [0.25, 0.3) is 0 Å². The molecule has 104 valence electrons. The summed E-state index contributed by atoms with van der Waals surface area (Å²) in [6, 6.07) is 9.41. The first-order valence-electron chi connectivity index (χ1n) is 6.54. The zero-order valence-electron chi connectivity index (χ0n) is 11.5. The number of benzene rings is 1. The number of amides is 1. The summed E-state index contributed by atoms with van der Waals surface area (Å²) in [5, 5.41) is 2.47. The SMILES string of the molecule is CC(C)CCC(=O)CNC(=O)OCc1ccccc1. The Hall–Kier alpha value is -1.84. The van der Waals surface area contributed by atoms with E-state index >= 15 is 0 Å². The molecule has 1 amide bonds. The molecule has 19 heavy (non-hydrogen) atoms. The third-order valence-electron chi connectivity index (χ3n) is 2.64. The van der Waals surface area contributed by atoms with E-state index in [1.165, 1.54) is 0 Å². The molecule has 0 fully saturated rings. The maximum atomic E-state index is 11.5. The lowest BCUT2D eigenvalue weighted by molar-refractivity contribution is -0.118. The predicted molar refractivity (Wildman–Crippen MR) is 73.7 cm³/mol. The standard InChI is InChI=1S/C15H21NO3/c1-12(2)8-9-14(17)10-16-15(18)19-11-13-6-4-3-5-7-13/h3-7,12H,8-11H2,1-2H3,(H,16,18). The number of Topliss-reactive ketones (excluding diaryl/α,β-unsaturated/α-hetero) is 1. The summed E-state index contributed by atoms with van der Waals surface area (Å²) in [7, 11) is 0. The van der Waals surface area contributed by atoms with Gasteiger partial charge in [0, 0.05) is 6.42 Å². The van der Waals surface area contributed by atoms with Crippen molar-refractivity contribution in [2.45, 2.75) is 33.3 Å². The van der Waals surface area contributed by atoms with Crippen LogP contribution in [-0.4, -0.2) is 18.4 Å². The fourth-order valence-corrected chi connectivity index (χ4v) is 1.48. The molecule has 0 aliphatic heterocycles. The number of carbonyl (C=O) groups is 2. The summed E-state index contributed by atoms with van der Waals surface area (Å²) in [5.74, 6) is 0.527. The number of hydrogen-bond acceptors (Lipinski definition) is 3. The third-order valence-corrected chi connectivity index (χ3v) is 2.64. The Morgan fingerprint density at radius 1 is 1.21 bits per heavy atom. The van der Waals surface area contributed by atoms with Crippen LogP contribution < -0.4 is 5.32 Å². The highest BCUT2D eigenvalue weighted by atomic mass is 16.5. The Morgan fingerprint density at radius 2 is 1.89 bits per heavy atom. The number of alkyl carbamates (subject to hydrolysis) is 1. The van der Waals surface area contributed by atoms with Gasteiger partial charge in [0.05, 0.1) is 6.54 Å². The largest absolute Gasteiger partial charge is 0.445 e. The van der Waals surface area contributed by atoms with Crippen LogP contribution >= 0.6 is 0 Å². The zero-order valence-corrected chi connectivity index (χ0v) is 11.5. The van der Waals surface area contributed by atoms with Crippen LogP contribution in [0.2, 0.25) is 0 Å². The second kappa shape index (κ2) is 8.29. The third kappa shape index (κ3) is 7.24. The first-order valence-corrected chi connectivity index (χ1v) is 6.54. The molecule has 0 bridgehead atoms. The Balaban J connectivity index is 2.16. The molecule has 0 heterocycles. The molecule has 1 rings (SSSR count). The fourth-order valence-electron chi connectivity index (χ4n) is 1.48. The highest BCUT2D eigenvalue weighted by Gasteiger charge is 2.07. The second-order valence-corrected chi connectivity index (χ2v) is 4.89. The van der Waals surface area contributed by atoms with Crippen molar-refractivity contribution in [1.82, 2.24) is 5.32 Å². The molecule has 0 spiro atoms. The molecule has 0 unspecified atom stereocenters. The summed E-state index contributed by atoms with van der Waals surface area (Å²) < 4.78 is 5.00. The van der Waals surface area contributed by atoms with Gasteiger partial charge in [-0.3, -0.25) is 4.79 Å². The maximum absolute atomic E-state index is 11.5. The Kier molecular flexibility index (Phi) is 6.64. The molecule has 0 aromatic heterocycles. The van der Waals surface area contributed by atoms with Crippen LogP contribution in [0.5, 0.6) is 0 Å². The van der Waals surface area contributed by atoms with Crippen LogP contribution in [0.1, 0.15) is 32.3 Å². The van der Waals surface area contributed by atoms with Gasteiger partial charge in [-0.2, -0.15) is 0 Å². The van der Waals surface area contributed by atoms with Crippen LogP contribution in [0.4, 0.5) is 4.79 Å². The van der Waals surface area contributed by atoms with E-state index in [4.69, 9.17) is 4.74 Å². The van der Waals surface area contributed by atoms with E-state index in [0.717, 1.165) is 12.0 Å². The molecule has 0 aliphatic rings. The number of ketones is 1. The van der Waals surface area contributed by atoms with E-state index in [-0.39, 0.29) is 18.9 Å². The van der Waals surface area contributed by atoms with E-state index in [0.29, 0.717) is 12.3 Å². The van der Waals surface area contributed by atoms with Gasteiger partial charge in [0.2, 0.25) is 0 Å². The number of ether oxygens (including phenoxy) is 1. The lowest BCUT2D eigenvalue weighted by atomic mass is 10.1. The summed E-state index contributed by atoms with van der Waals surface area (Å²) in [6.45, 7) is 4.39. The molecular formula is C15H21NO3. The van der Waals surface area contributed by atoms with Gasteiger partial charge in [-0.15, -0.1) is 0 Å². The predicted octanol–water partition coefficient (Wildman–Crippen LogP) is 2.92. The zero-order chi connectivity index (χ0) is 14.1. The van der Waals surface area contributed by atoms with Gasteiger partial charge in [-0.25, -0.2) is 4.79 Å². The van der Waals surface area contributed by atoms with Crippen molar-refractivity contribution >= 4 is 11.9 Å². The number of rotatable bonds is 7. The molecule has 1 aromatic carbocycles. The van der Waals surface area contributed by atoms with Gasteiger partial charge in [0.15, 0.2) is 5.78 Å². The quantitative estimate of drug-likeness (QED) is 0.823. The molecule has 0 saturated heterocycles. The molecule has 0 saturated carbocycles. The van der Waals surface area contributed by atoms with E-state index in [1.807, 2.05) is 30.3 Å². The van der Waals surface area contributed by atoms with Crippen molar-refractivity contribution in [3.8, 4) is 0 Å². The molecule has 1 aromatic rings. The molecular weight excluding hydrogens is 242 g/mol. The van der Waals surface area contributed by atoms with Crippen molar-refractivity contribution in [1.29, 1.82) is 0 Å². The summed E-state index contributed by atoms with van der Waals surface area (Å²) in [5.41, 5.74) is 0.920. The van der Waals surface area contributed by atoms with Crippen molar-refractivity contribution in [3.63, 3.8) is 0 Å². The molecule has 0 atom stereocenters. The number of hydrogen-bond donors (Lipinski definition) is 1. The van der Waals surface area contributed by atoms with E-state index in [9.17, 15) is 9.59 Å². The maximum Gasteiger partial charge on any atom is 0.407 e. The van der Waals surface area contributed by atoms with E-state index < -0.39 is 6.09 Å². The number of carbonyl (C=O) groups excluding carboxylic acids is 2. The first kappa shape index (κ1) is 15.2. The summed E-state index contributed by atoms with van der Waals surface area (Å²) in [6.07, 6.45) is 0.790. The van der Waals surface area contributed by atoms with Crippen molar-refractivity contribution in [3.05, 3.63) is 35.9 Å². The van der Waals surface area contributed by atoms with Crippen molar-refractivity contribution in [2.75, 3.05) is 6.54 Å². The van der Waals surface area contributed by atoms with Crippen LogP contribution in [0.25, 0.3) is 0 Å². The normalized spacial score (nSPS) is 10.3. The lowest BCUT2D eigenvalue weighted by Crippen LogP contribution is -2.30. The van der Waals surface area contributed by atoms with Gasteiger partial charge in [0.1, 0.15) is 6.61 Å². The fraction of sp³-hybridized carbons (Fsp3) is 0.467. The molecule has 1 N–H and O–H groups in total. The number of nitrogens with one attached hydrogen (secondary N) is 1. The van der Waals surface area contributed by atoms with Crippen molar-refractivity contribution in [2.24, 2.45) is 5.92 Å². The minimum Gasteiger partial charge on any atom is -0.445 e. The van der Waals surface area contributed by atoms with Gasteiger partial charge >= 0.3 is 6.09 Å². The minimum atomic E-state index is -0.554. The van der Waals surface area contributed by atoms with Gasteiger partial charge in [-0.05, 0) is 17.9 Å². The lowest BCUT2D eigenvalue weighted by Gasteiger charge is -2.07. The Bertz CT molecular complexity index is 401.